The smallest absolute Gasteiger partial charge is 0.371 e. The molecule has 0 atom stereocenters. The molecule has 1 fully saturated rings. The summed E-state index contributed by atoms with van der Waals surface area (Å²) in [5.74, 6) is 0.0583. The van der Waals surface area contributed by atoms with Crippen LogP contribution < -0.4 is 4.90 Å². The normalized spacial score (nSPS) is 14.0. The molecule has 0 bridgehead atoms. The summed E-state index contributed by atoms with van der Waals surface area (Å²) >= 11 is 1.61. The van der Waals surface area contributed by atoms with Crippen LogP contribution in [0.1, 0.15) is 45.6 Å². The fourth-order valence-corrected chi connectivity index (χ4v) is 8.33. The molecule has 3 heterocycles. The third-order valence-corrected chi connectivity index (χ3v) is 11.2. The van der Waals surface area contributed by atoms with E-state index in [2.05, 4.69) is 15.0 Å². The molecular formula is C45H37F3N4OS. The number of Topliss-reactive ketones (excluding diaryl/α,β-unsaturated/α-hetero) is 1. The highest BCUT2D eigenvalue weighted by atomic mass is 32.2. The third kappa shape index (κ3) is 6.47. The minimum absolute atomic E-state index is 0.0249. The first-order valence-electron chi connectivity index (χ1n) is 17.9. The van der Waals surface area contributed by atoms with Gasteiger partial charge in [0.2, 0.25) is 0 Å². The largest absolute Gasteiger partial charge is 0.435 e. The maximum absolute atomic E-state index is 15.2. The second-order valence-corrected chi connectivity index (χ2v) is 14.4. The van der Waals surface area contributed by atoms with Gasteiger partial charge in [0.1, 0.15) is 5.54 Å². The maximum atomic E-state index is 15.2. The van der Waals surface area contributed by atoms with Crippen LogP contribution in [0.2, 0.25) is 0 Å². The number of carbonyl (C=O) groups is 1. The lowest BCUT2D eigenvalue weighted by Crippen LogP contribution is -2.38. The summed E-state index contributed by atoms with van der Waals surface area (Å²) in [4.78, 5) is 21.3. The van der Waals surface area contributed by atoms with Crippen LogP contribution in [0.3, 0.4) is 0 Å². The van der Waals surface area contributed by atoms with E-state index >= 15 is 13.2 Å². The molecule has 9 heteroatoms. The average Bonchev–Trinajstić information content (AvgIpc) is 3.69. The predicted molar refractivity (Wildman–Crippen MR) is 210 cm³/mol. The topological polar surface area (TPSA) is 51.0 Å². The molecule has 5 nitrogen and oxygen atoms in total. The van der Waals surface area contributed by atoms with E-state index in [0.29, 0.717) is 37.0 Å². The molecule has 8 rings (SSSR count). The zero-order valence-corrected chi connectivity index (χ0v) is 30.4. The number of aromatic nitrogens is 3. The van der Waals surface area contributed by atoms with Gasteiger partial charge in [0.15, 0.2) is 11.5 Å². The van der Waals surface area contributed by atoms with Crippen molar-refractivity contribution >= 4 is 34.1 Å². The van der Waals surface area contributed by atoms with Crippen molar-refractivity contribution in [3.8, 4) is 11.1 Å². The lowest BCUT2D eigenvalue weighted by molar-refractivity contribution is -0.141. The van der Waals surface area contributed by atoms with Crippen molar-refractivity contribution in [2.24, 2.45) is 5.92 Å². The van der Waals surface area contributed by atoms with Crippen LogP contribution in [-0.4, -0.2) is 39.9 Å². The molecule has 0 amide bonds. The Hall–Kier alpha value is -5.67. The first-order valence-corrected chi connectivity index (χ1v) is 19.2. The first-order chi connectivity index (χ1) is 26.3. The molecule has 0 N–H and O–H groups in total. The van der Waals surface area contributed by atoms with Crippen molar-refractivity contribution in [3.63, 3.8) is 0 Å². The van der Waals surface area contributed by atoms with E-state index < -0.39 is 17.4 Å². The number of fused-ring (bicyclic) bond motifs is 1. The lowest BCUT2D eigenvalue weighted by Gasteiger charge is -2.36. The molecule has 7 aromatic rings. The van der Waals surface area contributed by atoms with E-state index in [-0.39, 0.29) is 17.3 Å². The van der Waals surface area contributed by atoms with Crippen LogP contribution in [0.25, 0.3) is 22.0 Å². The summed E-state index contributed by atoms with van der Waals surface area (Å²) in [6, 6.07) is 43.6. The van der Waals surface area contributed by atoms with Crippen LogP contribution in [-0.2, 0) is 11.7 Å². The van der Waals surface area contributed by atoms with Crippen LogP contribution in [0.4, 0.5) is 18.9 Å². The Morgan fingerprint density at radius 3 is 1.93 bits per heavy atom. The van der Waals surface area contributed by atoms with Gasteiger partial charge in [-0.1, -0.05) is 109 Å². The molecule has 0 aliphatic carbocycles. The van der Waals surface area contributed by atoms with Gasteiger partial charge < -0.3 is 4.90 Å². The lowest BCUT2D eigenvalue weighted by atomic mass is 9.77. The number of nitrogens with zero attached hydrogens (tertiary/aromatic N) is 4. The van der Waals surface area contributed by atoms with Gasteiger partial charge in [-0.05, 0) is 71.7 Å². The quantitative estimate of drug-likeness (QED) is 0.0839. The molecule has 1 aliphatic heterocycles. The van der Waals surface area contributed by atoms with Crippen molar-refractivity contribution in [3.05, 3.63) is 180 Å². The third-order valence-electron chi connectivity index (χ3n) is 10.5. The standard InChI is InChI=1S/C45H37F3N4OS/c1-54-37-19-11-12-33(28-37)42(53)31-23-26-51(27-24-31)41-22-25-49-40-21-20-32(29-38(40)41)39-30-52(50-43(39)45(46,47)48)44(34-13-5-2-6-14-34,35-15-7-3-8-16-35)36-17-9-4-10-18-36/h2-22,25,28-31H,23-24,26-27H2,1H3. The number of benzene rings is 5. The fourth-order valence-electron chi connectivity index (χ4n) is 7.87. The Bertz CT molecular complexity index is 2310. The first kappa shape index (κ1) is 35.4. The minimum atomic E-state index is -4.74. The van der Waals surface area contributed by atoms with Crippen LogP contribution in [0.5, 0.6) is 0 Å². The van der Waals surface area contributed by atoms with Crippen molar-refractivity contribution in [1.29, 1.82) is 0 Å². The Morgan fingerprint density at radius 2 is 1.35 bits per heavy atom. The maximum Gasteiger partial charge on any atom is 0.435 e. The monoisotopic (exact) mass is 738 g/mol. The summed E-state index contributed by atoms with van der Waals surface area (Å²) in [5.41, 5.74) is 2.78. The molecule has 270 valence electrons. The van der Waals surface area contributed by atoms with E-state index in [9.17, 15) is 4.79 Å². The van der Waals surface area contributed by atoms with Gasteiger partial charge >= 0.3 is 6.18 Å². The number of piperidine rings is 1. The van der Waals surface area contributed by atoms with Crippen molar-refractivity contribution in [2.75, 3.05) is 24.2 Å². The number of halogens is 3. The predicted octanol–water partition coefficient (Wildman–Crippen LogP) is 10.8. The van der Waals surface area contributed by atoms with Gasteiger partial charge in [-0.25, -0.2) is 0 Å². The summed E-state index contributed by atoms with van der Waals surface area (Å²) in [6.07, 6.45) is 1.88. The zero-order valence-electron chi connectivity index (χ0n) is 29.6. The molecule has 54 heavy (non-hydrogen) atoms. The second-order valence-electron chi connectivity index (χ2n) is 13.6. The highest BCUT2D eigenvalue weighted by Crippen LogP contribution is 2.45. The second kappa shape index (κ2) is 14.6. The van der Waals surface area contributed by atoms with Crippen LogP contribution in [0.15, 0.2) is 157 Å². The van der Waals surface area contributed by atoms with Crippen molar-refractivity contribution < 1.29 is 18.0 Å². The number of alkyl halides is 3. The van der Waals surface area contributed by atoms with Gasteiger partial charge in [0, 0.05) is 58.5 Å². The van der Waals surface area contributed by atoms with Crippen LogP contribution in [0, 0.1) is 5.92 Å². The Morgan fingerprint density at radius 1 is 0.741 bits per heavy atom. The van der Waals surface area contributed by atoms with Crippen LogP contribution >= 0.6 is 11.8 Å². The van der Waals surface area contributed by atoms with E-state index in [1.54, 1.807) is 36.2 Å². The molecule has 0 radical (unpaired) electrons. The number of hydrogen-bond acceptors (Lipinski definition) is 5. The van der Waals surface area contributed by atoms with E-state index in [1.165, 1.54) is 10.9 Å². The number of carbonyl (C=O) groups excluding carboxylic acids is 1. The molecule has 1 saturated heterocycles. The Kier molecular flexibility index (Phi) is 9.58. The van der Waals surface area contributed by atoms with Gasteiger partial charge in [0.25, 0.3) is 0 Å². The van der Waals surface area contributed by atoms with E-state index in [1.807, 2.05) is 128 Å². The van der Waals surface area contributed by atoms with E-state index in [4.69, 9.17) is 0 Å². The number of anilines is 1. The Balaban J connectivity index is 1.22. The number of thioether (sulfide) groups is 1. The summed E-state index contributed by atoms with van der Waals surface area (Å²) in [6.45, 7) is 1.28. The molecule has 0 unspecified atom stereocenters. The number of pyridine rings is 1. The highest BCUT2D eigenvalue weighted by Gasteiger charge is 2.44. The van der Waals surface area contributed by atoms with Crippen molar-refractivity contribution in [1.82, 2.24) is 14.8 Å². The summed E-state index contributed by atoms with van der Waals surface area (Å²) in [7, 11) is 0. The fraction of sp³-hybridized carbons (Fsp3) is 0.178. The van der Waals surface area contributed by atoms with Gasteiger partial charge in [-0.3, -0.25) is 14.5 Å². The molecule has 5 aromatic carbocycles. The molecular weight excluding hydrogens is 702 g/mol. The van der Waals surface area contributed by atoms with Gasteiger partial charge in [-0.2, -0.15) is 18.3 Å². The summed E-state index contributed by atoms with van der Waals surface area (Å²) in [5, 5.41) is 5.19. The van der Waals surface area contributed by atoms with Gasteiger partial charge in [-0.15, -0.1) is 11.8 Å². The van der Waals surface area contributed by atoms with Crippen molar-refractivity contribution in [2.45, 2.75) is 29.5 Å². The minimum Gasteiger partial charge on any atom is -0.371 e. The molecule has 0 saturated carbocycles. The SMILES string of the molecule is CSc1cccc(C(=O)C2CCN(c3ccnc4ccc(-c5cn(C(c6ccccc6)(c6ccccc6)c6ccccc6)nc5C(F)(F)F)cc34)CC2)c1. The van der Waals surface area contributed by atoms with E-state index in [0.717, 1.165) is 38.2 Å². The van der Waals surface area contributed by atoms with Gasteiger partial charge in [0.05, 0.1) is 5.52 Å². The highest BCUT2D eigenvalue weighted by molar-refractivity contribution is 7.98. The molecule has 1 aliphatic rings. The number of rotatable bonds is 9. The molecule has 0 spiro atoms. The molecule has 2 aromatic heterocycles. The number of ketones is 1. The summed E-state index contributed by atoms with van der Waals surface area (Å²) < 4.78 is 47.0. The average molecular weight is 739 g/mol. The zero-order chi connectivity index (χ0) is 37.3. The number of hydrogen-bond donors (Lipinski definition) is 0. The Labute approximate surface area is 316 Å².